The summed E-state index contributed by atoms with van der Waals surface area (Å²) in [4.78, 5) is 0. The van der Waals surface area contributed by atoms with Crippen LogP contribution in [-0.4, -0.2) is 25.4 Å². The van der Waals surface area contributed by atoms with Crippen molar-refractivity contribution in [3.8, 4) is 5.75 Å². The lowest BCUT2D eigenvalue weighted by Crippen LogP contribution is -2.45. The Kier molecular flexibility index (Phi) is 10.3. The van der Waals surface area contributed by atoms with Crippen LogP contribution in [-0.2, 0) is 20.4 Å². The minimum atomic E-state index is -4.34. The van der Waals surface area contributed by atoms with Gasteiger partial charge in [0.15, 0.2) is 6.29 Å². The van der Waals surface area contributed by atoms with Crippen LogP contribution in [0.25, 0.3) is 0 Å². The second-order valence-electron chi connectivity index (χ2n) is 10.1. The van der Waals surface area contributed by atoms with Crippen LogP contribution >= 0.6 is 0 Å². The molecule has 0 aromatic heterocycles. The fraction of sp³-hybridized carbons (Fsp3) is 0.600. The molecule has 7 heteroatoms. The van der Waals surface area contributed by atoms with Crippen LogP contribution in [0.15, 0.2) is 48.5 Å². The van der Waals surface area contributed by atoms with Crippen LogP contribution < -0.4 is 4.74 Å². The summed E-state index contributed by atoms with van der Waals surface area (Å²) in [7, 11) is 0. The number of unbranched alkanes of at least 4 members (excludes halogenated alkanes) is 7. The quantitative estimate of drug-likeness (QED) is 0.263. The second-order valence-corrected chi connectivity index (χ2v) is 10.1. The minimum absolute atomic E-state index is 0.109. The summed E-state index contributed by atoms with van der Waals surface area (Å²) in [6.45, 7) is 3.35. The van der Waals surface area contributed by atoms with E-state index in [0.717, 1.165) is 48.5 Å². The molecule has 2 aromatic carbocycles. The van der Waals surface area contributed by atoms with Gasteiger partial charge in [-0.05, 0) is 49.1 Å². The van der Waals surface area contributed by atoms with Gasteiger partial charge < -0.3 is 18.9 Å². The number of hydrogen-bond acceptors (Lipinski definition) is 4. The van der Waals surface area contributed by atoms with E-state index in [9.17, 15) is 13.2 Å². The first-order valence-electron chi connectivity index (χ1n) is 13.8. The summed E-state index contributed by atoms with van der Waals surface area (Å²) in [5, 5.41) is 0. The number of halogens is 3. The fourth-order valence-corrected chi connectivity index (χ4v) is 5.00. The molecule has 2 saturated heterocycles. The van der Waals surface area contributed by atoms with Crippen LogP contribution in [0.5, 0.6) is 5.75 Å². The van der Waals surface area contributed by atoms with Crippen molar-refractivity contribution in [3.63, 3.8) is 0 Å². The predicted octanol–water partition coefficient (Wildman–Crippen LogP) is 8.56. The highest BCUT2D eigenvalue weighted by molar-refractivity contribution is 5.28. The van der Waals surface area contributed by atoms with Gasteiger partial charge >= 0.3 is 6.18 Å². The monoisotopic (exact) mass is 520 g/mol. The van der Waals surface area contributed by atoms with Gasteiger partial charge in [-0.25, -0.2) is 0 Å². The molecule has 0 amide bonds. The summed E-state index contributed by atoms with van der Waals surface area (Å²) in [6.07, 6.45) is 6.23. The van der Waals surface area contributed by atoms with E-state index in [2.05, 4.69) is 6.92 Å². The molecule has 204 valence electrons. The normalized spacial score (nSPS) is 24.0. The molecule has 37 heavy (non-hydrogen) atoms. The number of rotatable bonds is 12. The molecular weight excluding hydrogens is 481 g/mol. The number of hydrogen-bond donors (Lipinski definition) is 0. The van der Waals surface area contributed by atoms with Crippen LogP contribution in [0.2, 0.25) is 0 Å². The predicted molar refractivity (Wildman–Crippen MR) is 136 cm³/mol. The first kappa shape index (κ1) is 27.9. The third-order valence-electron chi connectivity index (χ3n) is 7.21. The van der Waals surface area contributed by atoms with E-state index in [1.807, 2.05) is 24.3 Å². The molecule has 0 N–H and O–H groups in total. The summed E-state index contributed by atoms with van der Waals surface area (Å²) in [6, 6.07) is 13.1. The lowest BCUT2D eigenvalue weighted by molar-refractivity contribution is -0.289. The van der Waals surface area contributed by atoms with Crippen LogP contribution in [0.1, 0.15) is 100 Å². The Bertz CT molecular complexity index is 929. The molecule has 2 aliphatic heterocycles. The smallest absolute Gasteiger partial charge is 0.416 e. The minimum Gasteiger partial charge on any atom is -0.494 e. The first-order valence-corrected chi connectivity index (χ1v) is 13.8. The van der Waals surface area contributed by atoms with E-state index in [0.29, 0.717) is 13.0 Å². The third kappa shape index (κ3) is 8.20. The molecule has 2 fully saturated rings. The van der Waals surface area contributed by atoms with Crippen molar-refractivity contribution in [3.05, 3.63) is 65.2 Å². The highest BCUT2D eigenvalue weighted by Crippen LogP contribution is 2.39. The van der Waals surface area contributed by atoms with E-state index in [1.54, 1.807) is 0 Å². The van der Waals surface area contributed by atoms with E-state index >= 15 is 0 Å². The Morgan fingerprint density at radius 3 is 2.08 bits per heavy atom. The molecule has 0 bridgehead atoms. The van der Waals surface area contributed by atoms with E-state index in [4.69, 9.17) is 18.9 Å². The zero-order valence-electron chi connectivity index (χ0n) is 21.7. The maximum atomic E-state index is 12.8. The van der Waals surface area contributed by atoms with Crippen molar-refractivity contribution in [2.75, 3.05) is 13.2 Å². The Labute approximate surface area is 218 Å². The maximum absolute atomic E-state index is 12.8. The van der Waals surface area contributed by atoms with Crippen molar-refractivity contribution in [2.45, 2.75) is 102 Å². The SMILES string of the molecule is CCCCCCCCCCOc1ccc([C@@H]2OC[C@H]3O[C@@H](c4ccc(C(F)(F)F)cc4)CC[C@@H]3O2)cc1. The van der Waals surface area contributed by atoms with Crippen LogP contribution in [0.4, 0.5) is 13.2 Å². The van der Waals surface area contributed by atoms with E-state index in [-0.39, 0.29) is 18.3 Å². The molecule has 4 atom stereocenters. The molecular formula is C30H39F3O4. The Morgan fingerprint density at radius 2 is 1.41 bits per heavy atom. The van der Waals surface area contributed by atoms with Crippen molar-refractivity contribution in [1.29, 1.82) is 0 Å². The molecule has 0 spiro atoms. The molecule has 2 aliphatic rings. The van der Waals surface area contributed by atoms with E-state index in [1.165, 1.54) is 57.1 Å². The van der Waals surface area contributed by atoms with Gasteiger partial charge in [0.2, 0.25) is 0 Å². The van der Waals surface area contributed by atoms with Crippen molar-refractivity contribution in [2.24, 2.45) is 0 Å². The van der Waals surface area contributed by atoms with Gasteiger partial charge in [-0.15, -0.1) is 0 Å². The van der Waals surface area contributed by atoms with Gasteiger partial charge in [0.25, 0.3) is 0 Å². The Morgan fingerprint density at radius 1 is 0.757 bits per heavy atom. The van der Waals surface area contributed by atoms with Gasteiger partial charge in [-0.3, -0.25) is 0 Å². The Balaban J connectivity index is 1.17. The highest BCUT2D eigenvalue weighted by atomic mass is 19.4. The molecule has 0 radical (unpaired) electrons. The highest BCUT2D eigenvalue weighted by Gasteiger charge is 2.39. The van der Waals surface area contributed by atoms with Gasteiger partial charge in [-0.2, -0.15) is 13.2 Å². The van der Waals surface area contributed by atoms with Crippen molar-refractivity contribution in [1.82, 2.24) is 0 Å². The average molecular weight is 521 g/mol. The number of alkyl halides is 3. The van der Waals surface area contributed by atoms with Crippen molar-refractivity contribution >= 4 is 0 Å². The Hall–Kier alpha value is -2.09. The summed E-state index contributed by atoms with van der Waals surface area (Å²) in [5.74, 6) is 0.848. The zero-order valence-corrected chi connectivity index (χ0v) is 21.7. The first-order chi connectivity index (χ1) is 17.9. The number of fused-ring (bicyclic) bond motifs is 1. The fourth-order valence-electron chi connectivity index (χ4n) is 5.00. The molecule has 4 rings (SSSR count). The van der Waals surface area contributed by atoms with Gasteiger partial charge in [-0.1, -0.05) is 76.1 Å². The van der Waals surface area contributed by atoms with Gasteiger partial charge in [0.05, 0.1) is 31.0 Å². The van der Waals surface area contributed by atoms with Crippen molar-refractivity contribution < 1.29 is 32.1 Å². The molecule has 4 nitrogen and oxygen atoms in total. The molecule has 2 heterocycles. The van der Waals surface area contributed by atoms with E-state index < -0.39 is 18.0 Å². The third-order valence-corrected chi connectivity index (χ3v) is 7.21. The molecule has 0 saturated carbocycles. The van der Waals surface area contributed by atoms with Gasteiger partial charge in [0.1, 0.15) is 11.9 Å². The van der Waals surface area contributed by atoms with Gasteiger partial charge in [0, 0.05) is 5.56 Å². The maximum Gasteiger partial charge on any atom is 0.416 e. The lowest BCUT2D eigenvalue weighted by atomic mass is 9.95. The summed E-state index contributed by atoms with van der Waals surface area (Å²) >= 11 is 0. The van der Waals surface area contributed by atoms with Crippen LogP contribution in [0.3, 0.4) is 0 Å². The molecule has 2 aromatic rings. The number of benzene rings is 2. The summed E-state index contributed by atoms with van der Waals surface area (Å²) < 4.78 is 62.7. The topological polar surface area (TPSA) is 36.9 Å². The molecule has 0 unspecified atom stereocenters. The van der Waals surface area contributed by atoms with Crippen LogP contribution in [0, 0.1) is 0 Å². The lowest BCUT2D eigenvalue weighted by Gasteiger charge is -2.42. The molecule has 0 aliphatic carbocycles. The second kappa shape index (κ2) is 13.6. The summed E-state index contributed by atoms with van der Waals surface area (Å²) in [5.41, 5.74) is 1.03. The largest absolute Gasteiger partial charge is 0.494 e. The zero-order chi connectivity index (χ0) is 26.1. The number of ether oxygens (including phenoxy) is 4. The standard InChI is InChI=1S/C30H39F3O4/c1-2-3-4-5-6-7-8-9-20-34-25-16-12-23(13-17-25)29-35-21-28-27(37-29)19-18-26(36-28)22-10-14-24(15-11-22)30(31,32)33/h10-17,26-29H,2-9,18-21H2,1H3/t26-,27+,28-,29-/m1/s1. The average Bonchev–Trinajstić information content (AvgIpc) is 2.91.